The molecule has 1 saturated heterocycles. The second-order valence-corrected chi connectivity index (χ2v) is 8.98. The van der Waals surface area contributed by atoms with Crippen molar-refractivity contribution in [2.24, 2.45) is 0 Å². The number of nitrogens with zero attached hydrogens (tertiary/aromatic N) is 1. The number of piperidine rings is 1. The van der Waals surface area contributed by atoms with Crippen molar-refractivity contribution >= 4 is 11.6 Å². The van der Waals surface area contributed by atoms with Crippen LogP contribution < -0.4 is 25.0 Å². The van der Waals surface area contributed by atoms with Gasteiger partial charge in [-0.2, -0.15) is 0 Å². The van der Waals surface area contributed by atoms with Crippen molar-refractivity contribution in [1.29, 1.82) is 0 Å². The summed E-state index contributed by atoms with van der Waals surface area (Å²) in [5.41, 5.74) is 4.17. The molecule has 3 aromatic carbocycles. The SMILES string of the molecule is CC(NC(=O)c1ccc(N2CCC(NCc3ccc4c(c3)OCO4)CC2)cc1)c1ccccc1. The summed E-state index contributed by atoms with van der Waals surface area (Å²) in [6.45, 7) is 5.13. The standard InChI is InChI=1S/C28H31N3O3/c1-20(22-5-3-2-4-6-22)30-28(32)23-8-10-25(11-9-23)31-15-13-24(14-16-31)29-18-21-7-12-26-27(17-21)34-19-33-26/h2-12,17,20,24,29H,13-16,18-19H2,1H3,(H,30,32). The fourth-order valence-corrected chi connectivity index (χ4v) is 4.58. The Morgan fingerprint density at radius 3 is 2.47 bits per heavy atom. The van der Waals surface area contributed by atoms with E-state index in [1.807, 2.05) is 55.5 Å². The Bertz CT molecular complexity index is 1110. The van der Waals surface area contributed by atoms with Crippen molar-refractivity contribution in [3.05, 3.63) is 89.5 Å². The van der Waals surface area contributed by atoms with Crippen molar-refractivity contribution in [1.82, 2.24) is 10.6 Å². The Kier molecular flexibility index (Phi) is 6.67. The Labute approximate surface area is 200 Å². The van der Waals surface area contributed by atoms with Crippen LogP contribution in [0.15, 0.2) is 72.8 Å². The number of carbonyl (C=O) groups is 1. The summed E-state index contributed by atoms with van der Waals surface area (Å²) in [5, 5.41) is 6.76. The molecule has 3 aromatic rings. The maximum Gasteiger partial charge on any atom is 0.251 e. The first-order valence-electron chi connectivity index (χ1n) is 12.0. The van der Waals surface area contributed by atoms with Gasteiger partial charge in [0.05, 0.1) is 6.04 Å². The van der Waals surface area contributed by atoms with Gasteiger partial charge in [-0.3, -0.25) is 4.79 Å². The summed E-state index contributed by atoms with van der Waals surface area (Å²) < 4.78 is 10.9. The zero-order valence-corrected chi connectivity index (χ0v) is 19.5. The number of amides is 1. The number of hydrogen-bond donors (Lipinski definition) is 2. The van der Waals surface area contributed by atoms with Gasteiger partial charge in [0.25, 0.3) is 5.91 Å². The van der Waals surface area contributed by atoms with Crippen LogP contribution in [-0.4, -0.2) is 31.8 Å². The van der Waals surface area contributed by atoms with Gasteiger partial charge in [-0.15, -0.1) is 0 Å². The van der Waals surface area contributed by atoms with Crippen LogP contribution in [0.25, 0.3) is 0 Å². The van der Waals surface area contributed by atoms with Crippen LogP contribution in [0.5, 0.6) is 11.5 Å². The van der Waals surface area contributed by atoms with E-state index in [-0.39, 0.29) is 11.9 Å². The van der Waals surface area contributed by atoms with E-state index in [1.54, 1.807) is 0 Å². The predicted octanol–water partition coefficient (Wildman–Crippen LogP) is 4.66. The molecule has 1 amide bonds. The fourth-order valence-electron chi connectivity index (χ4n) is 4.58. The van der Waals surface area contributed by atoms with Crippen molar-refractivity contribution in [3.63, 3.8) is 0 Å². The Balaban J connectivity index is 1.09. The summed E-state index contributed by atoms with van der Waals surface area (Å²) in [7, 11) is 0. The maximum atomic E-state index is 12.7. The third kappa shape index (κ3) is 5.18. The first-order chi connectivity index (χ1) is 16.7. The Morgan fingerprint density at radius 1 is 0.971 bits per heavy atom. The number of rotatable bonds is 7. The average molecular weight is 458 g/mol. The zero-order valence-electron chi connectivity index (χ0n) is 19.5. The topological polar surface area (TPSA) is 62.8 Å². The van der Waals surface area contributed by atoms with E-state index in [0.29, 0.717) is 18.4 Å². The molecule has 6 nitrogen and oxygen atoms in total. The van der Waals surface area contributed by atoms with Gasteiger partial charge in [0.15, 0.2) is 11.5 Å². The highest BCUT2D eigenvalue weighted by Crippen LogP contribution is 2.32. The number of carbonyl (C=O) groups excluding carboxylic acids is 1. The van der Waals surface area contributed by atoms with Crippen molar-refractivity contribution < 1.29 is 14.3 Å². The van der Waals surface area contributed by atoms with E-state index in [4.69, 9.17) is 9.47 Å². The zero-order chi connectivity index (χ0) is 23.3. The number of fused-ring (bicyclic) bond motifs is 1. The molecule has 0 spiro atoms. The Morgan fingerprint density at radius 2 is 1.71 bits per heavy atom. The summed E-state index contributed by atoms with van der Waals surface area (Å²) in [6, 6.07) is 24.6. The summed E-state index contributed by atoms with van der Waals surface area (Å²) in [6.07, 6.45) is 2.17. The second kappa shape index (κ2) is 10.2. The fraction of sp³-hybridized carbons (Fsp3) is 0.321. The Hall–Kier alpha value is -3.51. The minimum absolute atomic E-state index is 0.0300. The lowest BCUT2D eigenvalue weighted by molar-refractivity contribution is 0.0940. The molecule has 0 radical (unpaired) electrons. The van der Waals surface area contributed by atoms with E-state index in [9.17, 15) is 4.79 Å². The van der Waals surface area contributed by atoms with E-state index in [2.05, 4.69) is 39.8 Å². The van der Waals surface area contributed by atoms with Gasteiger partial charge >= 0.3 is 0 Å². The molecule has 1 atom stereocenters. The molecular formula is C28H31N3O3. The summed E-state index contributed by atoms with van der Waals surface area (Å²) >= 11 is 0. The van der Waals surface area contributed by atoms with Gasteiger partial charge in [-0.25, -0.2) is 0 Å². The van der Waals surface area contributed by atoms with Crippen LogP contribution in [0.2, 0.25) is 0 Å². The highest BCUT2D eigenvalue weighted by molar-refractivity contribution is 5.94. The van der Waals surface area contributed by atoms with Gasteiger partial charge in [-0.05, 0) is 67.3 Å². The molecule has 0 aliphatic carbocycles. The van der Waals surface area contributed by atoms with Gasteiger partial charge in [0.1, 0.15) is 0 Å². The van der Waals surface area contributed by atoms with Crippen LogP contribution in [0.3, 0.4) is 0 Å². The van der Waals surface area contributed by atoms with Gasteiger partial charge in [-0.1, -0.05) is 36.4 Å². The molecular weight excluding hydrogens is 426 g/mol. The normalized spacial score (nSPS) is 16.3. The first-order valence-corrected chi connectivity index (χ1v) is 12.0. The van der Waals surface area contributed by atoms with E-state index >= 15 is 0 Å². The molecule has 6 heteroatoms. The molecule has 2 aliphatic rings. The molecule has 176 valence electrons. The molecule has 5 rings (SSSR count). The summed E-state index contributed by atoms with van der Waals surface area (Å²) in [5.74, 6) is 1.61. The average Bonchev–Trinajstić information content (AvgIpc) is 3.36. The van der Waals surface area contributed by atoms with Crippen molar-refractivity contribution in [2.45, 2.75) is 38.4 Å². The monoisotopic (exact) mass is 457 g/mol. The molecule has 34 heavy (non-hydrogen) atoms. The smallest absolute Gasteiger partial charge is 0.251 e. The lowest BCUT2D eigenvalue weighted by Gasteiger charge is -2.34. The highest BCUT2D eigenvalue weighted by Gasteiger charge is 2.20. The van der Waals surface area contributed by atoms with Crippen molar-refractivity contribution in [3.8, 4) is 11.5 Å². The lowest BCUT2D eigenvalue weighted by atomic mass is 10.0. The third-order valence-corrected chi connectivity index (χ3v) is 6.67. The number of benzene rings is 3. The number of hydrogen-bond acceptors (Lipinski definition) is 5. The summed E-state index contributed by atoms with van der Waals surface area (Å²) in [4.78, 5) is 15.1. The van der Waals surface area contributed by atoms with E-state index in [1.165, 1.54) is 11.3 Å². The predicted molar refractivity (Wildman–Crippen MR) is 133 cm³/mol. The number of nitrogens with one attached hydrogen (secondary N) is 2. The van der Waals surface area contributed by atoms with E-state index < -0.39 is 0 Å². The van der Waals surface area contributed by atoms with Crippen LogP contribution >= 0.6 is 0 Å². The van der Waals surface area contributed by atoms with Crippen LogP contribution in [-0.2, 0) is 6.54 Å². The minimum atomic E-state index is -0.0469. The van der Waals surface area contributed by atoms with E-state index in [0.717, 1.165) is 49.5 Å². The molecule has 0 saturated carbocycles. The quantitative estimate of drug-likeness (QED) is 0.540. The van der Waals surface area contributed by atoms with Gasteiger partial charge in [0.2, 0.25) is 6.79 Å². The molecule has 1 fully saturated rings. The van der Waals surface area contributed by atoms with Crippen LogP contribution in [0.4, 0.5) is 5.69 Å². The van der Waals surface area contributed by atoms with Gasteiger partial charge in [0, 0.05) is 36.9 Å². The van der Waals surface area contributed by atoms with Crippen molar-refractivity contribution in [2.75, 3.05) is 24.8 Å². The molecule has 0 bridgehead atoms. The number of ether oxygens (including phenoxy) is 2. The molecule has 1 unspecified atom stereocenters. The lowest BCUT2D eigenvalue weighted by Crippen LogP contribution is -2.42. The molecule has 2 aliphatic heterocycles. The first kappa shape index (κ1) is 22.3. The van der Waals surface area contributed by atoms with Crippen LogP contribution in [0, 0.1) is 0 Å². The minimum Gasteiger partial charge on any atom is -0.454 e. The largest absolute Gasteiger partial charge is 0.454 e. The van der Waals surface area contributed by atoms with Gasteiger partial charge < -0.3 is 25.0 Å². The molecule has 2 N–H and O–H groups in total. The highest BCUT2D eigenvalue weighted by atomic mass is 16.7. The molecule has 0 aromatic heterocycles. The third-order valence-electron chi connectivity index (χ3n) is 6.67. The number of anilines is 1. The second-order valence-electron chi connectivity index (χ2n) is 8.98. The maximum absolute atomic E-state index is 12.7. The van der Waals surface area contributed by atoms with Crippen LogP contribution in [0.1, 0.15) is 47.3 Å². The molecule has 2 heterocycles.